The molecule has 1 atom stereocenters. The fourth-order valence-corrected chi connectivity index (χ4v) is 2.44. The molecule has 0 amide bonds. The van der Waals surface area contributed by atoms with Crippen LogP contribution in [0.4, 0.5) is 23.0 Å². The Balaban J connectivity index is 1.72. The first-order valence-corrected chi connectivity index (χ1v) is 7.46. The molecule has 0 unspecified atom stereocenters. The van der Waals surface area contributed by atoms with Crippen molar-refractivity contribution in [3.05, 3.63) is 30.4 Å². The van der Waals surface area contributed by atoms with Crippen LogP contribution in [0.25, 0.3) is 0 Å². The van der Waals surface area contributed by atoms with E-state index in [1.54, 1.807) is 6.20 Å². The van der Waals surface area contributed by atoms with Gasteiger partial charge in [0.15, 0.2) is 5.69 Å². The largest absolute Gasteiger partial charge is 0.396 e. The van der Waals surface area contributed by atoms with Crippen LogP contribution >= 0.6 is 0 Å². The first-order chi connectivity index (χ1) is 11.2. The van der Waals surface area contributed by atoms with E-state index in [-0.39, 0.29) is 5.69 Å². The Morgan fingerprint density at radius 3 is 2.78 bits per heavy atom. The van der Waals surface area contributed by atoms with Crippen LogP contribution in [0.1, 0.15) is 18.5 Å². The second-order valence-electron chi connectivity index (χ2n) is 5.37. The van der Waals surface area contributed by atoms with E-state index < -0.39 is 0 Å². The van der Waals surface area contributed by atoms with Crippen LogP contribution in [0.2, 0.25) is 0 Å². The lowest BCUT2D eigenvalue weighted by atomic mass is 10.1. The highest BCUT2D eigenvalue weighted by Gasteiger charge is 2.14. The summed E-state index contributed by atoms with van der Waals surface area (Å²) >= 11 is 0. The molecule has 0 spiro atoms. The standard InChI is InChI=1S/C15H18N8/c16-5-11-7-20-15(9-19-11)23-14-4-13(12(17)8-21-14)22-10-2-1-3-18-6-10/h4,7-10,18H,1-3,6,17H2,(H2,20,21,22,23)/t10-/m1/s1. The van der Waals surface area contributed by atoms with Gasteiger partial charge in [0.1, 0.15) is 17.7 Å². The van der Waals surface area contributed by atoms with E-state index >= 15 is 0 Å². The van der Waals surface area contributed by atoms with E-state index in [9.17, 15) is 0 Å². The molecule has 0 radical (unpaired) electrons. The van der Waals surface area contributed by atoms with Crippen LogP contribution in [0.3, 0.4) is 0 Å². The number of nitriles is 1. The third-order valence-corrected chi connectivity index (χ3v) is 3.61. The molecule has 23 heavy (non-hydrogen) atoms. The van der Waals surface area contributed by atoms with Crippen molar-refractivity contribution in [3.63, 3.8) is 0 Å². The van der Waals surface area contributed by atoms with Gasteiger partial charge in [-0.05, 0) is 19.4 Å². The van der Waals surface area contributed by atoms with E-state index in [2.05, 4.69) is 30.9 Å². The van der Waals surface area contributed by atoms with E-state index in [1.807, 2.05) is 12.1 Å². The molecule has 0 aliphatic carbocycles. The number of piperidine rings is 1. The van der Waals surface area contributed by atoms with Gasteiger partial charge >= 0.3 is 0 Å². The van der Waals surface area contributed by atoms with Crippen LogP contribution in [0.5, 0.6) is 0 Å². The van der Waals surface area contributed by atoms with Gasteiger partial charge in [0.25, 0.3) is 0 Å². The minimum atomic E-state index is 0.271. The molecule has 0 aromatic carbocycles. The minimum Gasteiger partial charge on any atom is -0.396 e. The molecular weight excluding hydrogens is 292 g/mol. The highest BCUT2D eigenvalue weighted by atomic mass is 15.1. The third kappa shape index (κ3) is 3.84. The van der Waals surface area contributed by atoms with Gasteiger partial charge < -0.3 is 21.7 Å². The molecule has 118 valence electrons. The van der Waals surface area contributed by atoms with Gasteiger partial charge in [-0.25, -0.2) is 15.0 Å². The first kappa shape index (κ1) is 15.0. The SMILES string of the molecule is N#Cc1cnc(Nc2cc(N[C@@H]3CCCNC3)c(N)cn2)cn1. The molecule has 1 fully saturated rings. The predicted octanol–water partition coefficient (Wildman–Crippen LogP) is 1.23. The lowest BCUT2D eigenvalue weighted by Gasteiger charge is -2.25. The van der Waals surface area contributed by atoms with E-state index in [0.717, 1.165) is 31.6 Å². The molecule has 2 aromatic rings. The summed E-state index contributed by atoms with van der Waals surface area (Å²) in [7, 11) is 0. The number of nitrogen functional groups attached to an aromatic ring is 1. The smallest absolute Gasteiger partial charge is 0.158 e. The van der Waals surface area contributed by atoms with Gasteiger partial charge in [0, 0.05) is 18.7 Å². The van der Waals surface area contributed by atoms with E-state index in [0.29, 0.717) is 23.4 Å². The molecule has 8 nitrogen and oxygen atoms in total. The number of anilines is 4. The zero-order chi connectivity index (χ0) is 16.1. The van der Waals surface area contributed by atoms with Gasteiger partial charge in [0.05, 0.1) is 30.0 Å². The summed E-state index contributed by atoms with van der Waals surface area (Å²) in [6.45, 7) is 1.99. The first-order valence-electron chi connectivity index (χ1n) is 7.46. The van der Waals surface area contributed by atoms with Crippen molar-refractivity contribution in [2.24, 2.45) is 0 Å². The average Bonchev–Trinajstić information content (AvgIpc) is 2.59. The number of aromatic nitrogens is 3. The number of rotatable bonds is 4. The van der Waals surface area contributed by atoms with Gasteiger partial charge in [-0.2, -0.15) is 5.26 Å². The third-order valence-electron chi connectivity index (χ3n) is 3.61. The monoisotopic (exact) mass is 310 g/mol. The Bertz CT molecular complexity index is 700. The summed E-state index contributed by atoms with van der Waals surface area (Å²) in [5, 5.41) is 18.6. The van der Waals surface area contributed by atoms with Crippen LogP contribution in [0.15, 0.2) is 24.7 Å². The van der Waals surface area contributed by atoms with Crippen molar-refractivity contribution in [3.8, 4) is 6.07 Å². The Morgan fingerprint density at radius 1 is 1.22 bits per heavy atom. The number of pyridine rings is 1. The summed E-state index contributed by atoms with van der Waals surface area (Å²) in [6, 6.07) is 4.14. The molecule has 1 aliphatic rings. The van der Waals surface area contributed by atoms with E-state index in [4.69, 9.17) is 11.0 Å². The summed E-state index contributed by atoms with van der Waals surface area (Å²) < 4.78 is 0. The maximum absolute atomic E-state index is 8.73. The molecule has 2 aromatic heterocycles. The summed E-state index contributed by atoms with van der Waals surface area (Å²) in [5.74, 6) is 1.14. The van der Waals surface area contributed by atoms with Gasteiger partial charge in [-0.1, -0.05) is 0 Å². The Labute approximate surface area is 134 Å². The van der Waals surface area contributed by atoms with Gasteiger partial charge in [-0.15, -0.1) is 0 Å². The highest BCUT2D eigenvalue weighted by Crippen LogP contribution is 2.24. The lowest BCUT2D eigenvalue weighted by molar-refractivity contribution is 0.480. The summed E-state index contributed by atoms with van der Waals surface area (Å²) in [5.41, 5.74) is 7.72. The quantitative estimate of drug-likeness (QED) is 0.664. The van der Waals surface area contributed by atoms with Crippen LogP contribution in [-0.4, -0.2) is 34.1 Å². The van der Waals surface area contributed by atoms with Gasteiger partial charge in [0.2, 0.25) is 0 Å². The second-order valence-corrected chi connectivity index (χ2v) is 5.37. The molecule has 5 N–H and O–H groups in total. The summed E-state index contributed by atoms with van der Waals surface area (Å²) in [4.78, 5) is 12.3. The minimum absolute atomic E-state index is 0.271. The number of hydrogen-bond donors (Lipinski definition) is 4. The molecule has 1 saturated heterocycles. The Hall–Kier alpha value is -2.92. The second kappa shape index (κ2) is 6.89. The normalized spacial score (nSPS) is 17.3. The van der Waals surface area contributed by atoms with Gasteiger partial charge in [-0.3, -0.25) is 0 Å². The molecule has 1 aliphatic heterocycles. The maximum Gasteiger partial charge on any atom is 0.158 e. The highest BCUT2D eigenvalue weighted by molar-refractivity contribution is 5.70. The van der Waals surface area contributed by atoms with Crippen molar-refractivity contribution in [2.45, 2.75) is 18.9 Å². The van der Waals surface area contributed by atoms with Crippen LogP contribution in [-0.2, 0) is 0 Å². The number of nitrogens with one attached hydrogen (secondary N) is 3. The van der Waals surface area contributed by atoms with Crippen molar-refractivity contribution in [1.29, 1.82) is 5.26 Å². The van der Waals surface area contributed by atoms with Crippen molar-refractivity contribution in [2.75, 3.05) is 29.5 Å². The summed E-state index contributed by atoms with van der Waals surface area (Å²) in [6.07, 6.45) is 6.77. The lowest BCUT2D eigenvalue weighted by Crippen LogP contribution is -2.38. The number of nitrogens with two attached hydrogens (primary N) is 1. The fourth-order valence-electron chi connectivity index (χ4n) is 2.44. The molecular formula is C15H18N8. The molecule has 3 heterocycles. The van der Waals surface area contributed by atoms with Crippen molar-refractivity contribution < 1.29 is 0 Å². The predicted molar refractivity (Wildman–Crippen MR) is 88.2 cm³/mol. The zero-order valence-corrected chi connectivity index (χ0v) is 12.6. The van der Waals surface area contributed by atoms with Crippen molar-refractivity contribution >= 4 is 23.0 Å². The maximum atomic E-state index is 8.73. The molecule has 8 heteroatoms. The molecule has 0 saturated carbocycles. The number of nitrogens with zero attached hydrogens (tertiary/aromatic N) is 4. The Morgan fingerprint density at radius 2 is 2.09 bits per heavy atom. The molecule has 0 bridgehead atoms. The zero-order valence-electron chi connectivity index (χ0n) is 12.6. The fraction of sp³-hybridized carbons (Fsp3) is 0.333. The topological polar surface area (TPSA) is 125 Å². The van der Waals surface area contributed by atoms with Crippen molar-refractivity contribution in [1.82, 2.24) is 20.3 Å². The van der Waals surface area contributed by atoms with E-state index in [1.165, 1.54) is 12.4 Å². The van der Waals surface area contributed by atoms with Crippen LogP contribution < -0.4 is 21.7 Å². The number of hydrogen-bond acceptors (Lipinski definition) is 8. The average molecular weight is 310 g/mol. The molecule has 3 rings (SSSR count). The van der Waals surface area contributed by atoms with Crippen LogP contribution in [0, 0.1) is 11.3 Å². The Kier molecular flexibility index (Phi) is 4.49.